The molecule has 0 radical (unpaired) electrons. The van der Waals surface area contributed by atoms with Gasteiger partial charge in [-0.15, -0.1) is 11.3 Å². The van der Waals surface area contributed by atoms with E-state index in [4.69, 9.17) is 0 Å². The van der Waals surface area contributed by atoms with E-state index in [0.29, 0.717) is 6.42 Å². The van der Waals surface area contributed by atoms with Gasteiger partial charge in [0.05, 0.1) is 16.8 Å². The minimum Gasteiger partial charge on any atom is -0.393 e. The highest BCUT2D eigenvalue weighted by molar-refractivity contribution is 7.09. The van der Waals surface area contributed by atoms with Crippen LogP contribution in [0.1, 0.15) is 11.9 Å². The van der Waals surface area contributed by atoms with Crippen LogP contribution in [0.5, 0.6) is 0 Å². The lowest BCUT2D eigenvalue weighted by Crippen LogP contribution is -2.03. The fourth-order valence-electron chi connectivity index (χ4n) is 1.40. The van der Waals surface area contributed by atoms with Gasteiger partial charge in [0.2, 0.25) is 0 Å². The molecule has 0 aliphatic carbocycles. The molecule has 2 nitrogen and oxygen atoms in total. The number of nitrogens with zero attached hydrogens (tertiary/aromatic N) is 1. The van der Waals surface area contributed by atoms with Crippen LogP contribution in [0.4, 0.5) is 0 Å². The Bertz CT molecular complexity index is 422. The summed E-state index contributed by atoms with van der Waals surface area (Å²) in [6.45, 7) is 1.78. The summed E-state index contributed by atoms with van der Waals surface area (Å²) in [5.74, 6) is 0. The standard InChI is InChI=1S/C12H13NOS/c1-9(14)7-12-13-11(8-15-12)10-5-3-2-4-6-10/h2-6,8-9,14H,7H2,1H3. The summed E-state index contributed by atoms with van der Waals surface area (Å²) in [5.41, 5.74) is 2.13. The molecule has 3 heteroatoms. The monoisotopic (exact) mass is 219 g/mol. The Morgan fingerprint density at radius 2 is 2.07 bits per heavy atom. The average molecular weight is 219 g/mol. The summed E-state index contributed by atoms with van der Waals surface area (Å²) >= 11 is 1.60. The van der Waals surface area contributed by atoms with E-state index < -0.39 is 0 Å². The number of hydrogen-bond donors (Lipinski definition) is 1. The van der Waals surface area contributed by atoms with Crippen LogP contribution in [-0.2, 0) is 6.42 Å². The zero-order valence-corrected chi connectivity index (χ0v) is 9.37. The van der Waals surface area contributed by atoms with Gasteiger partial charge in [-0.1, -0.05) is 30.3 Å². The van der Waals surface area contributed by atoms with Crippen molar-refractivity contribution >= 4 is 11.3 Å². The molecule has 0 aliphatic rings. The number of aliphatic hydroxyl groups excluding tert-OH is 1. The van der Waals surface area contributed by atoms with Crippen molar-refractivity contribution in [1.82, 2.24) is 4.98 Å². The first-order valence-electron chi connectivity index (χ1n) is 4.93. The van der Waals surface area contributed by atoms with Crippen LogP contribution in [0, 0.1) is 0 Å². The van der Waals surface area contributed by atoms with E-state index in [9.17, 15) is 5.11 Å². The summed E-state index contributed by atoms with van der Waals surface area (Å²) in [5, 5.41) is 12.3. The zero-order chi connectivity index (χ0) is 10.7. The van der Waals surface area contributed by atoms with Crippen LogP contribution in [0.25, 0.3) is 11.3 Å². The van der Waals surface area contributed by atoms with Gasteiger partial charge < -0.3 is 5.11 Å². The van der Waals surface area contributed by atoms with Gasteiger partial charge in [-0.25, -0.2) is 4.98 Å². The smallest absolute Gasteiger partial charge is 0.0958 e. The molecular weight excluding hydrogens is 206 g/mol. The predicted octanol–water partition coefficient (Wildman–Crippen LogP) is 2.73. The molecule has 1 N–H and O–H groups in total. The van der Waals surface area contributed by atoms with Gasteiger partial charge in [-0.3, -0.25) is 0 Å². The molecule has 0 fully saturated rings. The van der Waals surface area contributed by atoms with E-state index in [1.165, 1.54) is 0 Å². The number of rotatable bonds is 3. The van der Waals surface area contributed by atoms with E-state index >= 15 is 0 Å². The Labute approximate surface area is 93.2 Å². The molecule has 2 aromatic rings. The molecule has 15 heavy (non-hydrogen) atoms. The summed E-state index contributed by atoms with van der Waals surface area (Å²) in [4.78, 5) is 4.48. The molecule has 0 saturated carbocycles. The molecule has 0 aliphatic heterocycles. The van der Waals surface area contributed by atoms with E-state index in [-0.39, 0.29) is 6.10 Å². The highest BCUT2D eigenvalue weighted by Crippen LogP contribution is 2.22. The van der Waals surface area contributed by atoms with Gasteiger partial charge in [-0.2, -0.15) is 0 Å². The van der Waals surface area contributed by atoms with Crippen molar-refractivity contribution in [1.29, 1.82) is 0 Å². The summed E-state index contributed by atoms with van der Waals surface area (Å²) in [7, 11) is 0. The van der Waals surface area contributed by atoms with E-state index in [1.54, 1.807) is 18.3 Å². The Hall–Kier alpha value is -1.19. The lowest BCUT2D eigenvalue weighted by molar-refractivity contribution is 0.195. The third-order valence-electron chi connectivity index (χ3n) is 2.09. The molecule has 78 valence electrons. The van der Waals surface area contributed by atoms with Crippen LogP contribution < -0.4 is 0 Å². The topological polar surface area (TPSA) is 33.1 Å². The summed E-state index contributed by atoms with van der Waals surface area (Å²) < 4.78 is 0. The van der Waals surface area contributed by atoms with Crippen molar-refractivity contribution in [3.8, 4) is 11.3 Å². The minimum atomic E-state index is -0.320. The van der Waals surface area contributed by atoms with Gasteiger partial charge in [0.25, 0.3) is 0 Å². The van der Waals surface area contributed by atoms with Crippen LogP contribution >= 0.6 is 11.3 Å². The zero-order valence-electron chi connectivity index (χ0n) is 8.55. The molecular formula is C12H13NOS. The van der Waals surface area contributed by atoms with Crippen molar-refractivity contribution in [2.45, 2.75) is 19.4 Å². The number of aliphatic hydroxyl groups is 1. The highest BCUT2D eigenvalue weighted by Gasteiger charge is 2.06. The number of benzene rings is 1. The second-order valence-electron chi connectivity index (χ2n) is 3.55. The third-order valence-corrected chi connectivity index (χ3v) is 2.96. The highest BCUT2D eigenvalue weighted by atomic mass is 32.1. The SMILES string of the molecule is CC(O)Cc1nc(-c2ccccc2)cs1. The molecule has 1 heterocycles. The molecule has 0 spiro atoms. The number of aromatic nitrogens is 1. The minimum absolute atomic E-state index is 0.320. The third kappa shape index (κ3) is 2.64. The molecule has 1 aromatic heterocycles. The Balaban J connectivity index is 2.21. The first-order chi connectivity index (χ1) is 7.25. The molecule has 1 atom stereocenters. The second-order valence-corrected chi connectivity index (χ2v) is 4.49. The van der Waals surface area contributed by atoms with Crippen molar-refractivity contribution in [2.75, 3.05) is 0 Å². The summed E-state index contributed by atoms with van der Waals surface area (Å²) in [6, 6.07) is 10.1. The van der Waals surface area contributed by atoms with Crippen molar-refractivity contribution in [2.24, 2.45) is 0 Å². The molecule has 0 bridgehead atoms. The van der Waals surface area contributed by atoms with Gasteiger partial charge in [0, 0.05) is 17.4 Å². The van der Waals surface area contributed by atoms with Crippen LogP contribution in [-0.4, -0.2) is 16.2 Å². The Morgan fingerprint density at radius 3 is 2.73 bits per heavy atom. The van der Waals surface area contributed by atoms with Gasteiger partial charge in [0.15, 0.2) is 0 Å². The van der Waals surface area contributed by atoms with Crippen molar-refractivity contribution in [3.63, 3.8) is 0 Å². The van der Waals surface area contributed by atoms with E-state index in [2.05, 4.69) is 4.98 Å². The quantitative estimate of drug-likeness (QED) is 0.861. The lowest BCUT2D eigenvalue weighted by atomic mass is 10.2. The van der Waals surface area contributed by atoms with Crippen molar-refractivity contribution in [3.05, 3.63) is 40.7 Å². The van der Waals surface area contributed by atoms with Gasteiger partial charge in [0.1, 0.15) is 0 Å². The fourth-order valence-corrected chi connectivity index (χ4v) is 2.32. The number of thiazole rings is 1. The van der Waals surface area contributed by atoms with Gasteiger partial charge >= 0.3 is 0 Å². The fraction of sp³-hybridized carbons (Fsp3) is 0.250. The van der Waals surface area contributed by atoms with Crippen molar-refractivity contribution < 1.29 is 5.11 Å². The van der Waals surface area contributed by atoms with Crippen LogP contribution in [0.3, 0.4) is 0 Å². The predicted molar refractivity (Wildman–Crippen MR) is 62.9 cm³/mol. The maximum atomic E-state index is 9.25. The Kier molecular flexibility index (Phi) is 3.14. The average Bonchev–Trinajstić information content (AvgIpc) is 2.67. The first-order valence-corrected chi connectivity index (χ1v) is 5.81. The number of hydrogen-bond acceptors (Lipinski definition) is 3. The Morgan fingerprint density at radius 1 is 1.33 bits per heavy atom. The first kappa shape index (κ1) is 10.3. The second kappa shape index (κ2) is 4.55. The largest absolute Gasteiger partial charge is 0.393 e. The molecule has 0 amide bonds. The molecule has 1 unspecified atom stereocenters. The van der Waals surface area contributed by atoms with Crippen LogP contribution in [0.2, 0.25) is 0 Å². The maximum Gasteiger partial charge on any atom is 0.0958 e. The van der Waals surface area contributed by atoms with E-state index in [1.807, 2.05) is 35.7 Å². The maximum absolute atomic E-state index is 9.25. The molecule has 1 aromatic carbocycles. The normalized spacial score (nSPS) is 12.7. The summed E-state index contributed by atoms with van der Waals surface area (Å²) in [6.07, 6.45) is 0.317. The van der Waals surface area contributed by atoms with Crippen LogP contribution in [0.15, 0.2) is 35.7 Å². The lowest BCUT2D eigenvalue weighted by Gasteiger charge is -1.98. The molecule has 2 rings (SSSR count). The van der Waals surface area contributed by atoms with E-state index in [0.717, 1.165) is 16.3 Å². The molecule has 0 saturated heterocycles. The van der Waals surface area contributed by atoms with Gasteiger partial charge in [-0.05, 0) is 6.92 Å².